The Balaban J connectivity index is 2.09. The molecule has 25 heavy (non-hydrogen) atoms. The molecule has 1 saturated heterocycles. The van der Waals surface area contributed by atoms with Crippen molar-refractivity contribution in [3.63, 3.8) is 0 Å². The van der Waals surface area contributed by atoms with Crippen LogP contribution in [0, 0.1) is 0 Å². The molecule has 0 aromatic heterocycles. The van der Waals surface area contributed by atoms with Crippen LogP contribution >= 0.6 is 11.6 Å². The van der Waals surface area contributed by atoms with Crippen LogP contribution in [0.25, 0.3) is 0 Å². The van der Waals surface area contributed by atoms with Gasteiger partial charge in [0.15, 0.2) is 0 Å². The second kappa shape index (κ2) is 8.16. The number of piperidine rings is 1. The van der Waals surface area contributed by atoms with Gasteiger partial charge in [0.25, 0.3) is 5.91 Å². The lowest BCUT2D eigenvalue weighted by Gasteiger charge is -2.34. The number of carbonyl (C=O) groups excluding carboxylic acids is 1. The van der Waals surface area contributed by atoms with E-state index in [-0.39, 0.29) is 25.4 Å². The number of rotatable bonds is 6. The first kappa shape index (κ1) is 19.7. The fourth-order valence-electron chi connectivity index (χ4n) is 2.80. The summed E-state index contributed by atoms with van der Waals surface area (Å²) >= 11 is 5.91. The summed E-state index contributed by atoms with van der Waals surface area (Å²) in [7, 11) is -2.29. The molecular weight excluding hydrogens is 368 g/mol. The zero-order valence-electron chi connectivity index (χ0n) is 13.9. The van der Waals surface area contributed by atoms with E-state index in [0.717, 1.165) is 4.31 Å². The highest BCUT2D eigenvalue weighted by Gasteiger charge is 2.35. The molecule has 1 fully saturated rings. The highest BCUT2D eigenvalue weighted by Crippen LogP contribution is 2.22. The second-order valence-electron chi connectivity index (χ2n) is 6.04. The molecule has 138 valence electrons. The molecule has 0 spiro atoms. The molecule has 1 heterocycles. The minimum atomic E-state index is -3.66. The maximum atomic E-state index is 12.6. The number of halogens is 1. The fourth-order valence-corrected chi connectivity index (χ4v) is 4.68. The van der Waals surface area contributed by atoms with Crippen molar-refractivity contribution >= 4 is 33.5 Å². The van der Waals surface area contributed by atoms with E-state index >= 15 is 0 Å². The van der Waals surface area contributed by atoms with Crippen LogP contribution in [0.1, 0.15) is 29.6 Å². The lowest BCUT2D eigenvalue weighted by Crippen LogP contribution is -2.49. The number of sulfonamides is 1. The number of hydrogen-bond acceptors (Lipinski definition) is 4. The molecule has 1 unspecified atom stereocenters. The van der Waals surface area contributed by atoms with E-state index in [9.17, 15) is 18.0 Å². The van der Waals surface area contributed by atoms with Crippen LogP contribution in [0.4, 0.5) is 0 Å². The molecule has 1 aliphatic heterocycles. The van der Waals surface area contributed by atoms with Gasteiger partial charge in [-0.25, -0.2) is 12.7 Å². The predicted molar refractivity (Wildman–Crippen MR) is 94.2 cm³/mol. The molecule has 9 heteroatoms. The molecule has 1 aliphatic rings. The number of hydrogen-bond donors (Lipinski definition) is 1. The number of amides is 1. The molecule has 0 saturated carbocycles. The summed E-state index contributed by atoms with van der Waals surface area (Å²) in [6.07, 6.45) is 0.760. The van der Waals surface area contributed by atoms with Crippen molar-refractivity contribution in [1.29, 1.82) is 0 Å². The third kappa shape index (κ3) is 4.93. The monoisotopic (exact) mass is 388 g/mol. The largest absolute Gasteiger partial charge is 0.481 e. The summed E-state index contributed by atoms with van der Waals surface area (Å²) < 4.78 is 26.3. The number of carboxylic acid groups (broad SMARTS) is 1. The Kier molecular flexibility index (Phi) is 6.42. The van der Waals surface area contributed by atoms with Crippen LogP contribution in [-0.4, -0.2) is 66.5 Å². The molecule has 0 radical (unpaired) electrons. The topological polar surface area (TPSA) is 95.0 Å². The summed E-state index contributed by atoms with van der Waals surface area (Å²) in [5.74, 6) is -1.31. The maximum absolute atomic E-state index is 12.6. The van der Waals surface area contributed by atoms with Gasteiger partial charge in [-0.3, -0.25) is 9.59 Å². The smallest absolute Gasteiger partial charge is 0.304 e. The maximum Gasteiger partial charge on any atom is 0.304 e. The van der Waals surface area contributed by atoms with Gasteiger partial charge in [0.05, 0.1) is 11.7 Å². The molecule has 1 atom stereocenters. The molecule has 2 rings (SSSR count). The molecule has 0 bridgehead atoms. The predicted octanol–water partition coefficient (Wildman–Crippen LogP) is 1.68. The summed E-state index contributed by atoms with van der Waals surface area (Å²) in [5, 5.41) is 8.43. The van der Waals surface area contributed by atoms with Crippen molar-refractivity contribution in [2.45, 2.75) is 24.5 Å². The molecule has 1 N–H and O–H groups in total. The Morgan fingerprint density at radius 2 is 2.12 bits per heavy atom. The van der Waals surface area contributed by atoms with E-state index in [0.29, 0.717) is 30.0 Å². The van der Waals surface area contributed by atoms with Crippen molar-refractivity contribution in [1.82, 2.24) is 9.21 Å². The SMILES string of the molecule is CN(CCC(=O)O)S(=O)(=O)C1CCCN(C(=O)c2cccc(Cl)c2)C1. The Labute approximate surface area is 152 Å². The molecule has 1 aromatic carbocycles. The van der Waals surface area contributed by atoms with E-state index in [1.165, 1.54) is 11.9 Å². The van der Waals surface area contributed by atoms with Gasteiger partial charge in [0, 0.05) is 37.3 Å². The van der Waals surface area contributed by atoms with E-state index in [4.69, 9.17) is 16.7 Å². The second-order valence-corrected chi connectivity index (χ2v) is 8.79. The Bertz CT molecular complexity index is 753. The van der Waals surface area contributed by atoms with Crippen LogP contribution < -0.4 is 0 Å². The van der Waals surface area contributed by atoms with Crippen LogP contribution in [0.15, 0.2) is 24.3 Å². The molecule has 7 nitrogen and oxygen atoms in total. The van der Waals surface area contributed by atoms with Crippen LogP contribution in [-0.2, 0) is 14.8 Å². The van der Waals surface area contributed by atoms with Gasteiger partial charge >= 0.3 is 5.97 Å². The van der Waals surface area contributed by atoms with Crippen LogP contribution in [0.5, 0.6) is 0 Å². The Hall–Kier alpha value is -1.64. The van der Waals surface area contributed by atoms with Crippen molar-refractivity contribution in [3.8, 4) is 0 Å². The van der Waals surface area contributed by atoms with E-state index in [1.54, 1.807) is 24.3 Å². The van der Waals surface area contributed by atoms with Gasteiger partial charge in [-0.2, -0.15) is 0 Å². The number of carboxylic acids is 1. The Morgan fingerprint density at radius 1 is 1.40 bits per heavy atom. The van der Waals surface area contributed by atoms with Gasteiger partial charge in [0.1, 0.15) is 0 Å². The molecule has 1 amide bonds. The standard InChI is InChI=1S/C16H21ClN2O5S/c1-18(9-7-15(20)21)25(23,24)14-6-3-8-19(11-14)16(22)12-4-2-5-13(17)10-12/h2,4-5,10,14H,3,6-9,11H2,1H3,(H,20,21). The van der Waals surface area contributed by atoms with Gasteiger partial charge in [-0.05, 0) is 31.0 Å². The lowest BCUT2D eigenvalue weighted by molar-refractivity contribution is -0.137. The lowest BCUT2D eigenvalue weighted by atomic mass is 10.1. The highest BCUT2D eigenvalue weighted by atomic mass is 35.5. The van der Waals surface area contributed by atoms with Gasteiger partial charge in [-0.15, -0.1) is 0 Å². The third-order valence-corrected chi connectivity index (χ3v) is 6.75. The highest BCUT2D eigenvalue weighted by molar-refractivity contribution is 7.89. The number of benzene rings is 1. The van der Waals surface area contributed by atoms with Gasteiger partial charge in [0.2, 0.25) is 10.0 Å². The van der Waals surface area contributed by atoms with Crippen molar-refractivity contribution in [3.05, 3.63) is 34.9 Å². The van der Waals surface area contributed by atoms with Crippen LogP contribution in [0.2, 0.25) is 5.02 Å². The quantitative estimate of drug-likeness (QED) is 0.800. The van der Waals surface area contributed by atoms with Crippen LogP contribution in [0.3, 0.4) is 0 Å². The number of carbonyl (C=O) groups is 2. The molecular formula is C16H21ClN2O5S. The van der Waals surface area contributed by atoms with E-state index < -0.39 is 21.2 Å². The summed E-state index contributed by atoms with van der Waals surface area (Å²) in [4.78, 5) is 24.8. The van der Waals surface area contributed by atoms with Gasteiger partial charge in [-0.1, -0.05) is 17.7 Å². The minimum Gasteiger partial charge on any atom is -0.481 e. The molecule has 1 aromatic rings. The average molecular weight is 389 g/mol. The first-order chi connectivity index (χ1) is 11.7. The number of nitrogens with zero attached hydrogens (tertiary/aromatic N) is 2. The van der Waals surface area contributed by atoms with Crippen molar-refractivity contribution in [2.75, 3.05) is 26.7 Å². The first-order valence-corrected chi connectivity index (χ1v) is 9.81. The summed E-state index contributed by atoms with van der Waals surface area (Å²) in [6, 6.07) is 6.54. The molecule has 0 aliphatic carbocycles. The van der Waals surface area contributed by atoms with Crippen molar-refractivity contribution < 1.29 is 23.1 Å². The fraction of sp³-hybridized carbons (Fsp3) is 0.500. The van der Waals surface area contributed by atoms with E-state index in [1.807, 2.05) is 0 Å². The van der Waals surface area contributed by atoms with Gasteiger partial charge < -0.3 is 10.0 Å². The summed E-state index contributed by atoms with van der Waals surface area (Å²) in [5.41, 5.74) is 0.421. The Morgan fingerprint density at radius 3 is 2.76 bits per heavy atom. The zero-order valence-corrected chi connectivity index (χ0v) is 15.5. The minimum absolute atomic E-state index is 0.0869. The number of aliphatic carboxylic acids is 1. The third-order valence-electron chi connectivity index (χ3n) is 4.23. The zero-order chi connectivity index (χ0) is 18.6. The van der Waals surface area contributed by atoms with E-state index in [2.05, 4.69) is 0 Å². The van der Waals surface area contributed by atoms with Crippen molar-refractivity contribution in [2.24, 2.45) is 0 Å². The summed E-state index contributed by atoms with van der Waals surface area (Å²) in [6.45, 7) is 0.484. The number of likely N-dealkylation sites (tertiary alicyclic amines) is 1. The first-order valence-electron chi connectivity index (χ1n) is 7.93. The average Bonchev–Trinajstić information content (AvgIpc) is 2.59. The normalized spacial score (nSPS) is 18.4.